The smallest absolute Gasteiger partial charge is 0.414 e. The molecule has 8 heteroatoms. The molecule has 3 heterocycles. The molecule has 0 spiro atoms. The lowest BCUT2D eigenvalue weighted by molar-refractivity contribution is 0.0920. The number of rotatable bonds is 4. The fourth-order valence-corrected chi connectivity index (χ4v) is 4.52. The maximum Gasteiger partial charge on any atom is 0.414 e. The first-order valence-corrected chi connectivity index (χ1v) is 10.5. The Morgan fingerprint density at radius 1 is 1.25 bits per heavy atom. The molecule has 0 radical (unpaired) electrons. The van der Waals surface area contributed by atoms with Crippen LogP contribution in [0.5, 0.6) is 0 Å². The summed E-state index contributed by atoms with van der Waals surface area (Å²) in [6.45, 7) is 2.76. The van der Waals surface area contributed by atoms with Crippen molar-refractivity contribution in [3.05, 3.63) is 50.7 Å². The van der Waals surface area contributed by atoms with Crippen molar-refractivity contribution in [1.29, 1.82) is 0 Å². The van der Waals surface area contributed by atoms with Crippen molar-refractivity contribution in [3.63, 3.8) is 0 Å². The molecule has 28 heavy (non-hydrogen) atoms. The Kier molecular flexibility index (Phi) is 5.57. The van der Waals surface area contributed by atoms with Gasteiger partial charge in [-0.15, -0.1) is 11.3 Å². The highest BCUT2D eigenvalue weighted by Crippen LogP contribution is 2.26. The van der Waals surface area contributed by atoms with Crippen molar-refractivity contribution < 1.29 is 14.3 Å². The van der Waals surface area contributed by atoms with Crippen LogP contribution >= 0.6 is 22.9 Å². The standard InChI is InChI=1S/C20H22ClN3O3S/c1-23-8-6-13-2-3-15(10-14(13)7-9-23)24-12-16(27-20(24)26)11-22-19(25)17-4-5-18(21)28-17/h2-5,10,16H,6-9,11-12H2,1H3,(H,22,25)/t16-/m0/s1. The highest BCUT2D eigenvalue weighted by atomic mass is 35.5. The molecule has 4 rings (SSSR count). The van der Waals surface area contributed by atoms with E-state index in [1.165, 1.54) is 22.5 Å². The number of carbonyl (C=O) groups is 2. The summed E-state index contributed by atoms with van der Waals surface area (Å²) in [4.78, 5) is 29.0. The number of carbonyl (C=O) groups excluding carboxylic acids is 2. The number of nitrogens with zero attached hydrogens (tertiary/aromatic N) is 2. The lowest BCUT2D eigenvalue weighted by atomic mass is 10.0. The number of hydrogen-bond acceptors (Lipinski definition) is 5. The number of fused-ring (bicyclic) bond motifs is 1. The molecule has 1 aromatic carbocycles. The number of benzene rings is 1. The van der Waals surface area contributed by atoms with Crippen LogP contribution in [0, 0.1) is 0 Å². The van der Waals surface area contributed by atoms with Crippen molar-refractivity contribution >= 4 is 40.6 Å². The molecule has 148 valence electrons. The van der Waals surface area contributed by atoms with E-state index in [1.807, 2.05) is 6.07 Å². The van der Waals surface area contributed by atoms with E-state index in [9.17, 15) is 9.59 Å². The van der Waals surface area contributed by atoms with Crippen LogP contribution in [-0.2, 0) is 17.6 Å². The lowest BCUT2D eigenvalue weighted by Gasteiger charge is -2.16. The molecule has 1 fully saturated rings. The normalized spacial score (nSPS) is 19.9. The first-order chi connectivity index (χ1) is 13.5. The topological polar surface area (TPSA) is 61.9 Å². The average molecular weight is 420 g/mol. The second-order valence-corrected chi connectivity index (χ2v) is 8.90. The Balaban J connectivity index is 1.39. The lowest BCUT2D eigenvalue weighted by Crippen LogP contribution is -2.34. The van der Waals surface area contributed by atoms with E-state index in [0.717, 1.165) is 31.6 Å². The third kappa shape index (κ3) is 4.16. The minimum atomic E-state index is -0.378. The van der Waals surface area contributed by atoms with Crippen LogP contribution in [0.2, 0.25) is 4.34 Å². The summed E-state index contributed by atoms with van der Waals surface area (Å²) in [6, 6.07) is 9.58. The number of thiophene rings is 1. The number of hydrogen-bond donors (Lipinski definition) is 1. The van der Waals surface area contributed by atoms with Gasteiger partial charge in [-0.25, -0.2) is 4.79 Å². The molecule has 0 saturated carbocycles. The van der Waals surface area contributed by atoms with Crippen molar-refractivity contribution in [2.45, 2.75) is 18.9 Å². The van der Waals surface area contributed by atoms with Gasteiger partial charge in [-0.1, -0.05) is 17.7 Å². The number of nitrogens with one attached hydrogen (secondary N) is 1. The van der Waals surface area contributed by atoms with E-state index in [2.05, 4.69) is 29.4 Å². The zero-order chi connectivity index (χ0) is 19.7. The molecule has 1 saturated heterocycles. The second-order valence-electron chi connectivity index (χ2n) is 7.19. The molecule has 0 aliphatic carbocycles. The highest BCUT2D eigenvalue weighted by Gasteiger charge is 2.33. The number of cyclic esters (lactones) is 1. The molecule has 0 bridgehead atoms. The van der Waals surface area contributed by atoms with Crippen LogP contribution < -0.4 is 10.2 Å². The Morgan fingerprint density at radius 2 is 2.04 bits per heavy atom. The van der Waals surface area contributed by atoms with Crippen LogP contribution in [0.25, 0.3) is 0 Å². The molecule has 1 aromatic heterocycles. The average Bonchev–Trinajstić information content (AvgIpc) is 3.23. The summed E-state index contributed by atoms with van der Waals surface area (Å²) in [5.41, 5.74) is 3.49. The Labute approximate surface area is 173 Å². The van der Waals surface area contributed by atoms with Gasteiger partial charge in [0.1, 0.15) is 6.10 Å². The zero-order valence-corrected chi connectivity index (χ0v) is 17.2. The predicted octanol–water partition coefficient (Wildman–Crippen LogP) is 3.19. The van der Waals surface area contributed by atoms with Crippen LogP contribution in [0.1, 0.15) is 20.8 Å². The van der Waals surface area contributed by atoms with E-state index >= 15 is 0 Å². The van der Waals surface area contributed by atoms with Crippen LogP contribution in [0.3, 0.4) is 0 Å². The van der Waals surface area contributed by atoms with Crippen LogP contribution in [0.4, 0.5) is 10.5 Å². The van der Waals surface area contributed by atoms with Gasteiger partial charge in [0.25, 0.3) is 5.91 Å². The van der Waals surface area contributed by atoms with E-state index in [-0.39, 0.29) is 24.6 Å². The van der Waals surface area contributed by atoms with Crippen molar-refractivity contribution in [1.82, 2.24) is 10.2 Å². The van der Waals surface area contributed by atoms with Gasteiger partial charge in [-0.05, 0) is 55.3 Å². The van der Waals surface area contributed by atoms with Crippen molar-refractivity contribution in [2.24, 2.45) is 0 Å². The molecular formula is C20H22ClN3O3S. The van der Waals surface area contributed by atoms with Gasteiger partial charge in [0, 0.05) is 18.8 Å². The first kappa shape index (κ1) is 19.2. The zero-order valence-electron chi connectivity index (χ0n) is 15.6. The predicted molar refractivity (Wildman–Crippen MR) is 111 cm³/mol. The summed E-state index contributed by atoms with van der Waals surface area (Å²) in [7, 11) is 2.13. The third-order valence-corrected chi connectivity index (χ3v) is 6.42. The number of ether oxygens (including phenoxy) is 1. The summed E-state index contributed by atoms with van der Waals surface area (Å²) in [5, 5.41) is 2.81. The summed E-state index contributed by atoms with van der Waals surface area (Å²) in [5.74, 6) is -0.208. The van der Waals surface area contributed by atoms with Gasteiger partial charge in [0.2, 0.25) is 0 Å². The Hall–Kier alpha value is -2.09. The highest BCUT2D eigenvalue weighted by molar-refractivity contribution is 7.17. The summed E-state index contributed by atoms with van der Waals surface area (Å²) < 4.78 is 6.01. The fourth-order valence-electron chi connectivity index (χ4n) is 3.56. The quantitative estimate of drug-likeness (QED) is 0.826. The van der Waals surface area contributed by atoms with Gasteiger partial charge < -0.3 is 15.0 Å². The largest absolute Gasteiger partial charge is 0.442 e. The molecule has 2 aliphatic heterocycles. The maximum atomic E-state index is 12.4. The molecule has 1 N–H and O–H groups in total. The summed E-state index contributed by atoms with van der Waals surface area (Å²) in [6.07, 6.45) is 1.25. The van der Waals surface area contributed by atoms with E-state index in [4.69, 9.17) is 16.3 Å². The minimum absolute atomic E-state index is 0.208. The van der Waals surface area contributed by atoms with Gasteiger partial charge >= 0.3 is 6.09 Å². The van der Waals surface area contributed by atoms with Gasteiger partial charge in [-0.3, -0.25) is 9.69 Å². The Morgan fingerprint density at radius 3 is 2.79 bits per heavy atom. The number of likely N-dealkylation sites (N-methyl/N-ethyl adjacent to an activating group) is 1. The van der Waals surface area contributed by atoms with Crippen molar-refractivity contribution in [2.75, 3.05) is 38.1 Å². The molecule has 2 amide bonds. The first-order valence-electron chi connectivity index (χ1n) is 9.31. The van der Waals surface area contributed by atoms with Crippen LogP contribution in [-0.4, -0.2) is 56.2 Å². The maximum absolute atomic E-state index is 12.4. The molecule has 0 unspecified atom stereocenters. The van der Waals surface area contributed by atoms with Gasteiger partial charge in [-0.2, -0.15) is 0 Å². The van der Waals surface area contributed by atoms with Crippen LogP contribution in [0.15, 0.2) is 30.3 Å². The molecule has 1 atom stereocenters. The SMILES string of the molecule is CN1CCc2ccc(N3C[C@H](CNC(=O)c4ccc(Cl)s4)OC3=O)cc2CC1. The summed E-state index contributed by atoms with van der Waals surface area (Å²) >= 11 is 7.09. The third-order valence-electron chi connectivity index (χ3n) is 5.19. The van der Waals surface area contributed by atoms with E-state index in [1.54, 1.807) is 17.0 Å². The Bertz CT molecular complexity index is 901. The fraction of sp³-hybridized carbons (Fsp3) is 0.400. The number of halogens is 1. The van der Waals surface area contributed by atoms with Gasteiger partial charge in [0.15, 0.2) is 0 Å². The molecule has 6 nitrogen and oxygen atoms in total. The molecule has 2 aliphatic rings. The molecular weight excluding hydrogens is 398 g/mol. The van der Waals surface area contributed by atoms with Gasteiger partial charge in [0.05, 0.1) is 22.3 Å². The monoisotopic (exact) mass is 419 g/mol. The molecule has 2 aromatic rings. The van der Waals surface area contributed by atoms with E-state index < -0.39 is 0 Å². The number of amides is 2. The second kappa shape index (κ2) is 8.11. The number of anilines is 1. The van der Waals surface area contributed by atoms with Crippen molar-refractivity contribution in [3.8, 4) is 0 Å². The van der Waals surface area contributed by atoms with E-state index in [0.29, 0.717) is 15.8 Å². The minimum Gasteiger partial charge on any atom is -0.442 e.